The molecule has 0 amide bonds. The molecule has 0 saturated carbocycles. The minimum absolute atomic E-state index is 0.575. The van der Waals surface area contributed by atoms with Crippen molar-refractivity contribution in [3.8, 4) is 0 Å². The summed E-state index contributed by atoms with van der Waals surface area (Å²) in [5.41, 5.74) is 2.28. The molecule has 1 aromatic heterocycles. The molecule has 0 atom stereocenters. The Morgan fingerprint density at radius 3 is 2.62 bits per heavy atom. The molecule has 0 bridgehead atoms. The molecule has 16 heavy (non-hydrogen) atoms. The molecule has 0 aliphatic heterocycles. The quantitative estimate of drug-likeness (QED) is 0.934. The van der Waals surface area contributed by atoms with Crippen molar-refractivity contribution in [1.29, 1.82) is 0 Å². The molecule has 2 rings (SSSR count). The summed E-state index contributed by atoms with van der Waals surface area (Å²) in [5.74, 6) is 0. The SMILES string of the molecule is CNc1nc(CCc2ccc(Br)cc2)co1. The van der Waals surface area contributed by atoms with Crippen LogP contribution in [0.25, 0.3) is 0 Å². The average molecular weight is 281 g/mol. The Morgan fingerprint density at radius 1 is 1.25 bits per heavy atom. The summed E-state index contributed by atoms with van der Waals surface area (Å²) in [4.78, 5) is 4.27. The Bertz CT molecular complexity index is 450. The van der Waals surface area contributed by atoms with Crippen LogP contribution in [0.1, 0.15) is 11.3 Å². The lowest BCUT2D eigenvalue weighted by Gasteiger charge is -1.98. The van der Waals surface area contributed by atoms with E-state index in [0.717, 1.165) is 23.0 Å². The number of hydrogen-bond acceptors (Lipinski definition) is 3. The lowest BCUT2D eigenvalue weighted by Crippen LogP contribution is -1.92. The Kier molecular flexibility index (Phi) is 3.62. The van der Waals surface area contributed by atoms with Crippen LogP contribution in [-0.4, -0.2) is 12.0 Å². The maximum Gasteiger partial charge on any atom is 0.294 e. The number of nitrogens with one attached hydrogen (secondary N) is 1. The van der Waals surface area contributed by atoms with Crippen LogP contribution in [0.5, 0.6) is 0 Å². The second-order valence-corrected chi connectivity index (χ2v) is 4.44. The number of nitrogens with zero attached hydrogens (tertiary/aromatic N) is 1. The Morgan fingerprint density at radius 2 is 2.00 bits per heavy atom. The van der Waals surface area contributed by atoms with Crippen molar-refractivity contribution >= 4 is 21.9 Å². The van der Waals surface area contributed by atoms with E-state index in [-0.39, 0.29) is 0 Å². The highest BCUT2D eigenvalue weighted by Gasteiger charge is 2.02. The van der Waals surface area contributed by atoms with E-state index < -0.39 is 0 Å². The van der Waals surface area contributed by atoms with Gasteiger partial charge in [-0.05, 0) is 30.5 Å². The molecule has 0 aliphatic rings. The number of oxazole rings is 1. The number of aryl methyl sites for hydroxylation is 2. The third-order valence-corrected chi connectivity index (χ3v) is 2.88. The van der Waals surface area contributed by atoms with Gasteiger partial charge < -0.3 is 9.73 Å². The zero-order valence-corrected chi connectivity index (χ0v) is 10.6. The number of aromatic nitrogens is 1. The maximum atomic E-state index is 5.19. The van der Waals surface area contributed by atoms with Crippen molar-refractivity contribution in [3.05, 3.63) is 46.3 Å². The van der Waals surface area contributed by atoms with Gasteiger partial charge in [0.25, 0.3) is 6.01 Å². The minimum atomic E-state index is 0.575. The molecule has 1 aromatic carbocycles. The number of benzene rings is 1. The summed E-state index contributed by atoms with van der Waals surface area (Å²) in [6.07, 6.45) is 3.57. The van der Waals surface area contributed by atoms with Gasteiger partial charge in [0, 0.05) is 11.5 Å². The Labute approximate surface area is 103 Å². The van der Waals surface area contributed by atoms with Gasteiger partial charge in [-0.25, -0.2) is 0 Å². The summed E-state index contributed by atoms with van der Waals surface area (Å²) >= 11 is 3.42. The van der Waals surface area contributed by atoms with Gasteiger partial charge in [0.1, 0.15) is 6.26 Å². The molecule has 0 unspecified atom stereocenters. The van der Waals surface area contributed by atoms with Gasteiger partial charge in [-0.15, -0.1) is 0 Å². The number of anilines is 1. The third-order valence-electron chi connectivity index (χ3n) is 2.35. The van der Waals surface area contributed by atoms with Gasteiger partial charge in [0.2, 0.25) is 0 Å². The van der Waals surface area contributed by atoms with E-state index in [2.05, 4.69) is 50.5 Å². The smallest absolute Gasteiger partial charge is 0.294 e. The molecule has 0 radical (unpaired) electrons. The largest absolute Gasteiger partial charge is 0.432 e. The second kappa shape index (κ2) is 5.16. The zero-order valence-electron chi connectivity index (χ0n) is 9.03. The van der Waals surface area contributed by atoms with Crippen LogP contribution < -0.4 is 5.32 Å². The van der Waals surface area contributed by atoms with Gasteiger partial charge in [0.05, 0.1) is 5.69 Å². The molecule has 84 valence electrons. The first-order valence-electron chi connectivity index (χ1n) is 5.14. The van der Waals surface area contributed by atoms with E-state index in [1.165, 1.54) is 5.56 Å². The summed E-state index contributed by atoms with van der Waals surface area (Å²) in [7, 11) is 1.80. The van der Waals surface area contributed by atoms with Crippen LogP contribution in [0, 0.1) is 0 Å². The van der Waals surface area contributed by atoms with Crippen LogP contribution in [0.3, 0.4) is 0 Å². The first-order chi connectivity index (χ1) is 7.78. The third kappa shape index (κ3) is 2.85. The monoisotopic (exact) mass is 280 g/mol. The first-order valence-corrected chi connectivity index (χ1v) is 5.94. The molecular formula is C12H13BrN2O. The van der Waals surface area contributed by atoms with Crippen molar-refractivity contribution in [2.75, 3.05) is 12.4 Å². The topological polar surface area (TPSA) is 38.1 Å². The lowest BCUT2D eigenvalue weighted by molar-refractivity contribution is 0.573. The number of rotatable bonds is 4. The molecule has 1 heterocycles. The van der Waals surface area contributed by atoms with E-state index in [4.69, 9.17) is 4.42 Å². The standard InChI is InChI=1S/C12H13BrN2O/c1-14-12-15-11(8-16-12)7-4-9-2-5-10(13)6-3-9/h2-3,5-6,8H,4,7H2,1H3,(H,14,15). The van der Waals surface area contributed by atoms with Gasteiger partial charge in [-0.1, -0.05) is 28.1 Å². The Hall–Kier alpha value is -1.29. The predicted octanol–water partition coefficient (Wildman–Crippen LogP) is 3.26. The first kappa shape index (κ1) is 11.2. The van der Waals surface area contributed by atoms with Crippen molar-refractivity contribution in [2.45, 2.75) is 12.8 Å². The molecule has 0 saturated heterocycles. The van der Waals surface area contributed by atoms with Crippen LogP contribution >= 0.6 is 15.9 Å². The molecule has 0 spiro atoms. The molecule has 0 aliphatic carbocycles. The van der Waals surface area contributed by atoms with Gasteiger partial charge in [0.15, 0.2) is 0 Å². The van der Waals surface area contributed by atoms with Crippen LogP contribution in [0.15, 0.2) is 39.4 Å². The van der Waals surface area contributed by atoms with E-state index >= 15 is 0 Å². The van der Waals surface area contributed by atoms with Crippen molar-refractivity contribution in [1.82, 2.24) is 4.98 Å². The highest BCUT2D eigenvalue weighted by Crippen LogP contribution is 2.13. The number of halogens is 1. The molecule has 2 aromatic rings. The van der Waals surface area contributed by atoms with Crippen molar-refractivity contribution < 1.29 is 4.42 Å². The lowest BCUT2D eigenvalue weighted by atomic mass is 10.1. The van der Waals surface area contributed by atoms with E-state index in [1.807, 2.05) is 0 Å². The maximum absolute atomic E-state index is 5.19. The normalized spacial score (nSPS) is 10.4. The zero-order chi connectivity index (χ0) is 11.4. The fourth-order valence-corrected chi connectivity index (χ4v) is 1.72. The second-order valence-electron chi connectivity index (χ2n) is 3.52. The molecule has 0 fully saturated rings. The van der Waals surface area contributed by atoms with Crippen LogP contribution in [0.4, 0.5) is 6.01 Å². The fraction of sp³-hybridized carbons (Fsp3) is 0.250. The fourth-order valence-electron chi connectivity index (χ4n) is 1.46. The van der Waals surface area contributed by atoms with Crippen LogP contribution in [0.2, 0.25) is 0 Å². The predicted molar refractivity (Wildman–Crippen MR) is 67.6 cm³/mol. The highest BCUT2D eigenvalue weighted by atomic mass is 79.9. The van der Waals surface area contributed by atoms with E-state index in [1.54, 1.807) is 13.3 Å². The summed E-state index contributed by atoms with van der Waals surface area (Å²) < 4.78 is 6.30. The van der Waals surface area contributed by atoms with Gasteiger partial charge >= 0.3 is 0 Å². The van der Waals surface area contributed by atoms with Crippen LogP contribution in [-0.2, 0) is 12.8 Å². The average Bonchev–Trinajstić information content (AvgIpc) is 2.76. The molecule has 1 N–H and O–H groups in total. The van der Waals surface area contributed by atoms with Crippen molar-refractivity contribution in [2.24, 2.45) is 0 Å². The summed E-state index contributed by atoms with van der Waals surface area (Å²) in [5, 5.41) is 2.87. The van der Waals surface area contributed by atoms with Gasteiger partial charge in [-0.3, -0.25) is 0 Å². The van der Waals surface area contributed by atoms with E-state index in [0.29, 0.717) is 6.01 Å². The minimum Gasteiger partial charge on any atom is -0.432 e. The molecular weight excluding hydrogens is 268 g/mol. The molecule has 4 heteroatoms. The molecule has 3 nitrogen and oxygen atoms in total. The highest BCUT2D eigenvalue weighted by molar-refractivity contribution is 9.10. The summed E-state index contributed by atoms with van der Waals surface area (Å²) in [6, 6.07) is 8.91. The summed E-state index contributed by atoms with van der Waals surface area (Å²) in [6.45, 7) is 0. The number of hydrogen-bond donors (Lipinski definition) is 1. The van der Waals surface area contributed by atoms with Gasteiger partial charge in [-0.2, -0.15) is 4.98 Å². The van der Waals surface area contributed by atoms with Crippen molar-refractivity contribution in [3.63, 3.8) is 0 Å². The Balaban J connectivity index is 1.94. The van der Waals surface area contributed by atoms with E-state index in [9.17, 15) is 0 Å².